The molecule has 0 aliphatic rings. The van der Waals surface area contributed by atoms with Gasteiger partial charge in [0.2, 0.25) is 0 Å². The van der Waals surface area contributed by atoms with Gasteiger partial charge in [-0.25, -0.2) is 0 Å². The summed E-state index contributed by atoms with van der Waals surface area (Å²) in [7, 11) is 0. The van der Waals surface area contributed by atoms with Crippen LogP contribution >= 0.6 is 23.2 Å². The zero-order chi connectivity index (χ0) is 21.7. The summed E-state index contributed by atoms with van der Waals surface area (Å²) in [5.74, 6) is -2.02. The van der Waals surface area contributed by atoms with Gasteiger partial charge in [0.15, 0.2) is 11.5 Å². The van der Waals surface area contributed by atoms with Crippen molar-refractivity contribution in [2.45, 2.75) is 19.9 Å². The zero-order valence-electron chi connectivity index (χ0n) is 15.8. The second-order valence-electron chi connectivity index (χ2n) is 6.37. The number of aliphatic hydroxyl groups excluding tert-OH is 1. The summed E-state index contributed by atoms with van der Waals surface area (Å²) in [6, 6.07) is 8.37. The number of halogens is 2. The number of phenolic OH excluding ortho intramolecular Hbond substituents is 1. The van der Waals surface area contributed by atoms with Crippen molar-refractivity contribution >= 4 is 46.5 Å². The van der Waals surface area contributed by atoms with E-state index in [1.54, 1.807) is 31.2 Å². The molecule has 9 heteroatoms. The van der Waals surface area contributed by atoms with E-state index in [1.165, 1.54) is 24.0 Å². The molecular weight excluding hydrogens is 419 g/mol. The number of hydrogen-bond donors (Lipinski definition) is 3. The average Bonchev–Trinajstić information content (AvgIpc) is 2.68. The fourth-order valence-electron chi connectivity index (χ4n) is 2.68. The van der Waals surface area contributed by atoms with E-state index in [2.05, 4.69) is 5.32 Å². The van der Waals surface area contributed by atoms with Gasteiger partial charge in [-0.1, -0.05) is 41.4 Å². The lowest BCUT2D eigenvalue weighted by atomic mass is 10.1. The first-order chi connectivity index (χ1) is 13.6. The Balaban J connectivity index is 2.30. The lowest BCUT2D eigenvalue weighted by Gasteiger charge is -2.28. The molecule has 0 saturated heterocycles. The molecule has 2 rings (SSSR count). The Bertz CT molecular complexity index is 925. The Morgan fingerprint density at radius 2 is 1.72 bits per heavy atom. The molecule has 2 aromatic rings. The maximum Gasteiger partial charge on any atom is 0.252 e. The van der Waals surface area contributed by atoms with Crippen LogP contribution in [0.25, 0.3) is 0 Å². The molecule has 2 aromatic carbocycles. The number of nitrogens with one attached hydrogen (secondary N) is 1. The number of phenols is 1. The van der Waals surface area contributed by atoms with Crippen LogP contribution in [0.1, 0.15) is 22.8 Å². The maximum atomic E-state index is 12.6. The Labute approximate surface area is 177 Å². The number of carbonyl (C=O) groups is 3. The number of rotatable bonds is 7. The maximum absolute atomic E-state index is 12.6. The largest absolute Gasteiger partial charge is 0.505 e. The quantitative estimate of drug-likeness (QED) is 0.615. The topological polar surface area (TPSA) is 107 Å². The van der Waals surface area contributed by atoms with E-state index in [0.717, 1.165) is 5.56 Å². The molecule has 0 heterocycles. The van der Waals surface area contributed by atoms with Gasteiger partial charge in [-0.05, 0) is 37.6 Å². The van der Waals surface area contributed by atoms with Crippen LogP contribution in [0, 0.1) is 6.92 Å². The molecule has 0 aliphatic carbocycles. The summed E-state index contributed by atoms with van der Waals surface area (Å²) in [4.78, 5) is 38.3. The van der Waals surface area contributed by atoms with Crippen molar-refractivity contribution in [1.82, 2.24) is 5.32 Å². The van der Waals surface area contributed by atoms with Crippen LogP contribution in [-0.2, 0) is 9.59 Å². The fraction of sp³-hybridized carbons (Fsp3) is 0.250. The van der Waals surface area contributed by atoms with E-state index >= 15 is 0 Å². The Morgan fingerprint density at radius 1 is 1.14 bits per heavy atom. The van der Waals surface area contributed by atoms with Gasteiger partial charge < -0.3 is 20.4 Å². The van der Waals surface area contributed by atoms with Crippen molar-refractivity contribution in [3.05, 3.63) is 57.6 Å². The molecule has 0 bridgehead atoms. The van der Waals surface area contributed by atoms with Crippen LogP contribution in [0.4, 0.5) is 5.69 Å². The summed E-state index contributed by atoms with van der Waals surface area (Å²) in [5, 5.41) is 21.3. The molecule has 0 fully saturated rings. The van der Waals surface area contributed by atoms with Crippen molar-refractivity contribution < 1.29 is 24.6 Å². The van der Waals surface area contributed by atoms with Gasteiger partial charge in [0, 0.05) is 11.3 Å². The molecule has 0 aliphatic heterocycles. The number of benzene rings is 2. The molecule has 0 saturated carbocycles. The van der Waals surface area contributed by atoms with E-state index in [0.29, 0.717) is 5.69 Å². The van der Waals surface area contributed by atoms with E-state index in [-0.39, 0.29) is 27.9 Å². The molecule has 3 N–H and O–H groups in total. The number of nitrogens with zero attached hydrogens (tertiary/aromatic N) is 1. The smallest absolute Gasteiger partial charge is 0.252 e. The van der Waals surface area contributed by atoms with Crippen molar-refractivity contribution in [2.24, 2.45) is 0 Å². The Kier molecular flexibility index (Phi) is 7.61. The highest BCUT2D eigenvalue weighted by molar-refractivity contribution is 6.37. The molecular formula is C20H20Cl2N2O5. The normalized spacial score (nSPS) is 11.6. The van der Waals surface area contributed by atoms with Crippen LogP contribution < -0.4 is 10.2 Å². The number of aryl methyl sites for hydroxylation is 1. The lowest BCUT2D eigenvalue weighted by molar-refractivity contribution is -0.121. The summed E-state index contributed by atoms with van der Waals surface area (Å²) >= 11 is 11.7. The molecule has 1 unspecified atom stereocenters. The van der Waals surface area contributed by atoms with E-state index in [9.17, 15) is 24.6 Å². The van der Waals surface area contributed by atoms with Crippen molar-refractivity contribution in [3.63, 3.8) is 0 Å². The van der Waals surface area contributed by atoms with E-state index in [1.807, 2.05) is 0 Å². The third-order valence-corrected chi connectivity index (χ3v) is 4.86. The minimum absolute atomic E-state index is 0.0416. The summed E-state index contributed by atoms with van der Waals surface area (Å²) in [6.07, 6.45) is 0. The highest BCUT2D eigenvalue weighted by atomic mass is 35.5. The number of ketones is 1. The number of Topliss-reactive ketones (excluding diaryl/α,β-unsaturated/α-hetero) is 1. The molecule has 2 amide bonds. The first-order valence-corrected chi connectivity index (χ1v) is 9.37. The molecule has 0 spiro atoms. The van der Waals surface area contributed by atoms with E-state index in [4.69, 9.17) is 23.2 Å². The number of amides is 2. The molecule has 0 radical (unpaired) electrons. The Morgan fingerprint density at radius 3 is 2.24 bits per heavy atom. The Hall–Kier alpha value is -2.61. The van der Waals surface area contributed by atoms with Crippen LogP contribution in [0.3, 0.4) is 0 Å². The minimum atomic E-state index is -1.05. The second kappa shape index (κ2) is 9.73. The van der Waals surface area contributed by atoms with Crippen LogP contribution in [0.2, 0.25) is 10.0 Å². The SMILES string of the molecule is CC(=O)C(CN(C(=O)CO)c1ccccc1C)NC(=O)c1cc(Cl)c(O)c(Cl)c1. The summed E-state index contributed by atoms with van der Waals surface area (Å²) in [5.41, 5.74) is 1.32. The van der Waals surface area contributed by atoms with Crippen molar-refractivity contribution in [3.8, 4) is 5.75 Å². The number of aliphatic hydroxyl groups is 1. The van der Waals surface area contributed by atoms with Gasteiger partial charge in [0.25, 0.3) is 11.8 Å². The van der Waals surface area contributed by atoms with Crippen LogP contribution in [-0.4, -0.2) is 47.0 Å². The first kappa shape index (κ1) is 22.7. The van der Waals surface area contributed by atoms with Crippen LogP contribution in [0.15, 0.2) is 36.4 Å². The number of aromatic hydroxyl groups is 1. The van der Waals surface area contributed by atoms with Crippen molar-refractivity contribution in [1.29, 1.82) is 0 Å². The summed E-state index contributed by atoms with van der Waals surface area (Å²) in [6.45, 7) is 2.14. The van der Waals surface area contributed by atoms with Gasteiger partial charge >= 0.3 is 0 Å². The third kappa shape index (κ3) is 5.47. The standard InChI is InChI=1S/C20H20Cl2N2O5/c1-11-5-3-4-6-17(11)24(18(27)10-25)9-16(12(2)26)23-20(29)13-7-14(21)19(28)15(22)8-13/h3-8,16,25,28H,9-10H2,1-2H3,(H,23,29). The monoisotopic (exact) mass is 438 g/mol. The number of anilines is 1. The minimum Gasteiger partial charge on any atom is -0.505 e. The molecule has 7 nitrogen and oxygen atoms in total. The highest BCUT2D eigenvalue weighted by Crippen LogP contribution is 2.32. The second-order valence-corrected chi connectivity index (χ2v) is 7.19. The lowest BCUT2D eigenvalue weighted by Crippen LogP contribution is -2.50. The predicted molar refractivity (Wildman–Crippen MR) is 111 cm³/mol. The van der Waals surface area contributed by atoms with Gasteiger partial charge in [0.05, 0.1) is 16.6 Å². The molecule has 29 heavy (non-hydrogen) atoms. The van der Waals surface area contributed by atoms with Gasteiger partial charge in [-0.2, -0.15) is 0 Å². The number of carbonyl (C=O) groups excluding carboxylic acids is 3. The van der Waals surface area contributed by atoms with E-state index < -0.39 is 30.2 Å². The predicted octanol–water partition coefficient (Wildman–Crippen LogP) is 2.72. The van der Waals surface area contributed by atoms with Gasteiger partial charge in [0.1, 0.15) is 12.6 Å². The third-order valence-electron chi connectivity index (χ3n) is 4.28. The van der Waals surface area contributed by atoms with Gasteiger partial charge in [-0.15, -0.1) is 0 Å². The molecule has 0 aromatic heterocycles. The fourth-order valence-corrected chi connectivity index (χ4v) is 3.17. The average molecular weight is 439 g/mol. The summed E-state index contributed by atoms with van der Waals surface area (Å²) < 4.78 is 0. The van der Waals surface area contributed by atoms with Gasteiger partial charge in [-0.3, -0.25) is 14.4 Å². The number of para-hydroxylation sites is 1. The first-order valence-electron chi connectivity index (χ1n) is 8.61. The molecule has 1 atom stereocenters. The highest BCUT2D eigenvalue weighted by Gasteiger charge is 2.26. The number of hydrogen-bond acceptors (Lipinski definition) is 5. The zero-order valence-corrected chi connectivity index (χ0v) is 17.3. The molecule has 154 valence electrons. The van der Waals surface area contributed by atoms with Crippen LogP contribution in [0.5, 0.6) is 5.75 Å². The van der Waals surface area contributed by atoms with Crippen molar-refractivity contribution in [2.75, 3.05) is 18.1 Å².